The fourth-order valence-corrected chi connectivity index (χ4v) is 1.19. The van der Waals surface area contributed by atoms with E-state index in [1.165, 1.54) is 13.2 Å². The number of aromatic nitrogens is 3. The van der Waals surface area contributed by atoms with Crippen LogP contribution in [0.25, 0.3) is 11.0 Å². The smallest absolute Gasteiger partial charge is 0.335 e. The van der Waals surface area contributed by atoms with Gasteiger partial charge in [-0.15, -0.1) is 5.10 Å². The lowest BCUT2D eigenvalue weighted by Gasteiger charge is -2.00. The van der Waals surface area contributed by atoms with E-state index in [0.717, 1.165) is 0 Å². The molecule has 1 aromatic carbocycles. The monoisotopic (exact) mass is 199 g/mol. The molecule has 2 rings (SSSR count). The Balaban J connectivity index is 2.59. The molecule has 0 saturated carbocycles. The zero-order chi connectivity index (χ0) is 10.1. The fourth-order valence-electron chi connectivity index (χ4n) is 1.19. The number of fused-ring (bicyclic) bond motifs is 1. The minimum atomic E-state index is -2.67. The summed E-state index contributed by atoms with van der Waals surface area (Å²) >= 11 is 0. The minimum Gasteiger partial charge on any atom is -0.497 e. The molecule has 0 aliphatic rings. The second-order valence-electron chi connectivity index (χ2n) is 2.67. The van der Waals surface area contributed by atoms with Crippen molar-refractivity contribution in [3.05, 3.63) is 18.2 Å². The zero-order valence-electron chi connectivity index (χ0n) is 7.32. The summed E-state index contributed by atoms with van der Waals surface area (Å²) in [5, 5.41) is 6.93. The predicted octanol–water partition coefficient (Wildman–Crippen LogP) is 1.83. The topological polar surface area (TPSA) is 39.9 Å². The van der Waals surface area contributed by atoms with Gasteiger partial charge < -0.3 is 4.74 Å². The average Bonchev–Trinajstić information content (AvgIpc) is 2.59. The highest BCUT2D eigenvalue weighted by Gasteiger charge is 2.12. The van der Waals surface area contributed by atoms with Crippen LogP contribution in [0.15, 0.2) is 18.2 Å². The molecule has 0 unspecified atom stereocenters. The Morgan fingerprint density at radius 1 is 1.43 bits per heavy atom. The van der Waals surface area contributed by atoms with E-state index in [-0.39, 0.29) is 0 Å². The molecular formula is C8H7F2N3O. The molecule has 0 spiro atoms. The number of benzene rings is 1. The molecule has 14 heavy (non-hydrogen) atoms. The number of hydrogen-bond acceptors (Lipinski definition) is 3. The number of rotatable bonds is 2. The highest BCUT2D eigenvalue weighted by atomic mass is 19.3. The van der Waals surface area contributed by atoms with Gasteiger partial charge in [-0.25, -0.2) is 0 Å². The summed E-state index contributed by atoms with van der Waals surface area (Å²) < 4.78 is 30.2. The van der Waals surface area contributed by atoms with Crippen molar-refractivity contribution in [1.82, 2.24) is 15.0 Å². The van der Waals surface area contributed by atoms with Gasteiger partial charge in [-0.05, 0) is 12.1 Å². The van der Waals surface area contributed by atoms with Crippen molar-refractivity contribution in [3.63, 3.8) is 0 Å². The van der Waals surface area contributed by atoms with E-state index in [1.54, 1.807) is 12.1 Å². The lowest BCUT2D eigenvalue weighted by atomic mass is 10.3. The molecule has 1 aromatic heterocycles. The fraction of sp³-hybridized carbons (Fsp3) is 0.250. The number of ether oxygens (including phenoxy) is 1. The van der Waals surface area contributed by atoms with Gasteiger partial charge in [-0.1, -0.05) is 5.21 Å². The number of methoxy groups -OCH3 is 1. The molecule has 0 radical (unpaired) electrons. The Kier molecular flexibility index (Phi) is 2.03. The molecule has 0 saturated heterocycles. The molecule has 0 aliphatic heterocycles. The Morgan fingerprint density at radius 3 is 2.86 bits per heavy atom. The lowest BCUT2D eigenvalue weighted by Crippen LogP contribution is -1.99. The van der Waals surface area contributed by atoms with Gasteiger partial charge in [0, 0.05) is 6.07 Å². The lowest BCUT2D eigenvalue weighted by molar-refractivity contribution is 0.0593. The summed E-state index contributed by atoms with van der Waals surface area (Å²) in [4.78, 5) is 0. The van der Waals surface area contributed by atoms with Gasteiger partial charge in [0.25, 0.3) is 0 Å². The van der Waals surface area contributed by atoms with Crippen molar-refractivity contribution >= 4 is 11.0 Å². The van der Waals surface area contributed by atoms with Crippen LogP contribution >= 0.6 is 0 Å². The molecule has 6 heteroatoms. The van der Waals surface area contributed by atoms with Gasteiger partial charge >= 0.3 is 6.55 Å². The van der Waals surface area contributed by atoms with E-state index in [0.29, 0.717) is 21.5 Å². The molecule has 0 fully saturated rings. The number of hydrogen-bond donors (Lipinski definition) is 0. The van der Waals surface area contributed by atoms with Gasteiger partial charge in [0.2, 0.25) is 0 Å². The maximum atomic E-state index is 12.3. The van der Waals surface area contributed by atoms with Crippen molar-refractivity contribution in [2.75, 3.05) is 7.11 Å². The van der Waals surface area contributed by atoms with Crippen LogP contribution in [0.5, 0.6) is 5.75 Å². The first kappa shape index (κ1) is 8.86. The van der Waals surface area contributed by atoms with Crippen LogP contribution in [0.3, 0.4) is 0 Å². The summed E-state index contributed by atoms with van der Waals surface area (Å²) in [5.41, 5.74) is 0.686. The van der Waals surface area contributed by atoms with E-state index in [9.17, 15) is 8.78 Å². The molecule has 0 amide bonds. The first-order chi connectivity index (χ1) is 6.72. The van der Waals surface area contributed by atoms with Gasteiger partial charge in [-0.2, -0.15) is 13.5 Å². The van der Waals surface area contributed by atoms with Crippen LogP contribution in [0, 0.1) is 0 Å². The van der Waals surface area contributed by atoms with Crippen LogP contribution in [-0.2, 0) is 0 Å². The van der Waals surface area contributed by atoms with Gasteiger partial charge in [-0.3, -0.25) is 0 Å². The summed E-state index contributed by atoms with van der Waals surface area (Å²) in [6.45, 7) is -2.67. The van der Waals surface area contributed by atoms with Crippen molar-refractivity contribution in [1.29, 1.82) is 0 Å². The third-order valence-electron chi connectivity index (χ3n) is 1.86. The Hall–Kier alpha value is -1.72. The predicted molar refractivity (Wildman–Crippen MR) is 45.3 cm³/mol. The quantitative estimate of drug-likeness (QED) is 0.740. The minimum absolute atomic E-state index is 0.292. The van der Waals surface area contributed by atoms with Crippen molar-refractivity contribution in [2.24, 2.45) is 0 Å². The molecule has 0 atom stereocenters. The van der Waals surface area contributed by atoms with Crippen LogP contribution < -0.4 is 4.74 Å². The van der Waals surface area contributed by atoms with E-state index in [2.05, 4.69) is 10.3 Å². The molecule has 2 aromatic rings. The molecule has 1 heterocycles. The Morgan fingerprint density at radius 2 is 2.21 bits per heavy atom. The van der Waals surface area contributed by atoms with Crippen molar-refractivity contribution < 1.29 is 13.5 Å². The molecular weight excluding hydrogens is 192 g/mol. The van der Waals surface area contributed by atoms with Crippen LogP contribution in [0.4, 0.5) is 8.78 Å². The number of alkyl halides is 2. The normalized spacial score (nSPS) is 11.1. The van der Waals surface area contributed by atoms with Gasteiger partial charge in [0.15, 0.2) is 0 Å². The van der Waals surface area contributed by atoms with Crippen LogP contribution in [-0.4, -0.2) is 22.1 Å². The molecule has 4 nitrogen and oxygen atoms in total. The van der Waals surface area contributed by atoms with Crippen molar-refractivity contribution in [2.45, 2.75) is 6.55 Å². The molecule has 74 valence electrons. The van der Waals surface area contributed by atoms with E-state index in [1.807, 2.05) is 0 Å². The standard InChI is InChI=1S/C8H7F2N3O/c1-14-5-2-3-7-6(4-5)11-12-13(7)8(9)10/h2-4,8H,1H3. The average molecular weight is 199 g/mol. The maximum absolute atomic E-state index is 12.3. The highest BCUT2D eigenvalue weighted by Crippen LogP contribution is 2.21. The Bertz CT molecular complexity index is 455. The molecule has 0 bridgehead atoms. The zero-order valence-corrected chi connectivity index (χ0v) is 7.32. The first-order valence-corrected chi connectivity index (χ1v) is 3.89. The summed E-state index contributed by atoms with van der Waals surface area (Å²) in [7, 11) is 1.50. The summed E-state index contributed by atoms with van der Waals surface area (Å²) in [6.07, 6.45) is 0. The summed E-state index contributed by atoms with van der Waals surface area (Å²) in [5.74, 6) is 0.568. The van der Waals surface area contributed by atoms with E-state index < -0.39 is 6.55 Å². The van der Waals surface area contributed by atoms with E-state index in [4.69, 9.17) is 4.74 Å². The first-order valence-electron chi connectivity index (χ1n) is 3.89. The second kappa shape index (κ2) is 3.21. The number of nitrogens with zero attached hydrogens (tertiary/aromatic N) is 3. The second-order valence-corrected chi connectivity index (χ2v) is 2.67. The molecule has 0 N–H and O–H groups in total. The largest absolute Gasteiger partial charge is 0.497 e. The van der Waals surface area contributed by atoms with Gasteiger partial charge in [0.05, 0.1) is 12.6 Å². The van der Waals surface area contributed by atoms with E-state index >= 15 is 0 Å². The third kappa shape index (κ3) is 1.28. The van der Waals surface area contributed by atoms with Crippen molar-refractivity contribution in [3.8, 4) is 5.75 Å². The third-order valence-corrected chi connectivity index (χ3v) is 1.86. The van der Waals surface area contributed by atoms with Crippen LogP contribution in [0.1, 0.15) is 6.55 Å². The Labute approximate surface area is 78.1 Å². The SMILES string of the molecule is COc1ccc2c(c1)nnn2C(F)F. The number of halogens is 2. The highest BCUT2D eigenvalue weighted by molar-refractivity contribution is 5.76. The van der Waals surface area contributed by atoms with Gasteiger partial charge in [0.1, 0.15) is 11.3 Å². The maximum Gasteiger partial charge on any atom is 0.335 e. The van der Waals surface area contributed by atoms with Crippen LogP contribution in [0.2, 0.25) is 0 Å². The summed E-state index contributed by atoms with van der Waals surface area (Å²) in [6, 6.07) is 4.64. The molecule has 0 aliphatic carbocycles.